The Hall–Kier alpha value is -1.71. The number of carbonyl (C=O) groups excluding carboxylic acids is 2. The van der Waals surface area contributed by atoms with Crippen LogP contribution in [-0.4, -0.2) is 16.6 Å². The first-order valence-electron chi connectivity index (χ1n) is 9.01. The molecule has 4 rings (SSSR count). The van der Waals surface area contributed by atoms with Crippen LogP contribution < -0.4 is 0 Å². The van der Waals surface area contributed by atoms with Crippen molar-refractivity contribution in [3.63, 3.8) is 0 Å². The van der Waals surface area contributed by atoms with E-state index in [1.807, 2.05) is 25.1 Å². The largest absolute Gasteiger partial charge is 0.298 e. The number of pyridine rings is 1. The number of rotatable bonds is 3. The van der Waals surface area contributed by atoms with E-state index in [1.54, 1.807) is 12.3 Å². The van der Waals surface area contributed by atoms with E-state index < -0.39 is 5.92 Å². The maximum absolute atomic E-state index is 12.9. The lowest BCUT2D eigenvalue weighted by molar-refractivity contribution is -0.135. The number of benzene rings is 1. The van der Waals surface area contributed by atoms with Gasteiger partial charge in [-0.15, -0.1) is 0 Å². The van der Waals surface area contributed by atoms with E-state index in [9.17, 15) is 9.59 Å². The minimum Gasteiger partial charge on any atom is -0.298 e. The molecule has 3 nitrogen and oxygen atoms in total. The Labute approximate surface area is 162 Å². The first kappa shape index (κ1) is 17.7. The van der Waals surface area contributed by atoms with Gasteiger partial charge in [0.05, 0.1) is 15.7 Å². The molecular formula is C21H19Cl2NO2. The van der Waals surface area contributed by atoms with Crippen molar-refractivity contribution >= 4 is 34.8 Å². The average Bonchev–Trinajstić information content (AvgIpc) is 3.07. The molecule has 1 aromatic carbocycles. The molecule has 0 spiro atoms. The van der Waals surface area contributed by atoms with Crippen LogP contribution in [0.25, 0.3) is 11.3 Å². The second-order valence-corrected chi connectivity index (χ2v) is 8.04. The van der Waals surface area contributed by atoms with Crippen LogP contribution in [0, 0.1) is 11.8 Å². The predicted molar refractivity (Wildman–Crippen MR) is 103 cm³/mol. The molecule has 2 unspecified atom stereocenters. The first-order chi connectivity index (χ1) is 12.5. The van der Waals surface area contributed by atoms with Crippen molar-refractivity contribution in [1.29, 1.82) is 0 Å². The monoisotopic (exact) mass is 387 g/mol. The van der Waals surface area contributed by atoms with Gasteiger partial charge in [-0.05, 0) is 48.9 Å². The van der Waals surface area contributed by atoms with E-state index in [0.29, 0.717) is 15.7 Å². The van der Waals surface area contributed by atoms with Crippen molar-refractivity contribution in [3.05, 3.63) is 51.6 Å². The molecule has 2 aliphatic carbocycles. The highest BCUT2D eigenvalue weighted by Crippen LogP contribution is 2.45. The highest BCUT2D eigenvalue weighted by atomic mass is 35.5. The number of hydrogen-bond donors (Lipinski definition) is 0. The Morgan fingerprint density at radius 2 is 1.77 bits per heavy atom. The van der Waals surface area contributed by atoms with Gasteiger partial charge in [-0.1, -0.05) is 42.3 Å². The van der Waals surface area contributed by atoms with Gasteiger partial charge < -0.3 is 0 Å². The topological polar surface area (TPSA) is 47.0 Å². The number of hydrogen-bond acceptors (Lipinski definition) is 3. The molecule has 0 amide bonds. The van der Waals surface area contributed by atoms with Crippen LogP contribution >= 0.6 is 23.2 Å². The maximum atomic E-state index is 12.9. The molecule has 0 N–H and O–H groups in total. The van der Waals surface area contributed by atoms with Crippen molar-refractivity contribution in [2.45, 2.75) is 38.5 Å². The number of aryl methyl sites for hydroxylation is 1. The van der Waals surface area contributed by atoms with Gasteiger partial charge in [0.2, 0.25) is 0 Å². The Morgan fingerprint density at radius 3 is 2.38 bits per heavy atom. The van der Waals surface area contributed by atoms with Gasteiger partial charge in [0.25, 0.3) is 0 Å². The van der Waals surface area contributed by atoms with E-state index in [0.717, 1.165) is 42.4 Å². The fourth-order valence-electron chi connectivity index (χ4n) is 4.38. The molecule has 2 saturated carbocycles. The van der Waals surface area contributed by atoms with Gasteiger partial charge in [0, 0.05) is 23.6 Å². The summed E-state index contributed by atoms with van der Waals surface area (Å²) < 4.78 is 0. The summed E-state index contributed by atoms with van der Waals surface area (Å²) in [4.78, 5) is 30.2. The first-order valence-corrected chi connectivity index (χ1v) is 9.77. The number of aromatic nitrogens is 1. The Balaban J connectivity index is 1.83. The van der Waals surface area contributed by atoms with Gasteiger partial charge in [-0.25, -0.2) is 0 Å². The molecule has 2 fully saturated rings. The molecule has 0 aliphatic heterocycles. The summed E-state index contributed by atoms with van der Waals surface area (Å²) in [5.74, 6) is -0.389. The maximum Gasteiger partial charge on any atom is 0.150 e. The molecule has 2 aromatic rings. The SMILES string of the molecule is CCc1ccc(-c2ncc(Cl)cc2Cl)cc1C1C(=O)C2CCC(C2)C1=O. The molecule has 5 heteroatoms. The number of fused-ring (bicyclic) bond motifs is 2. The zero-order valence-corrected chi connectivity index (χ0v) is 16.0. The van der Waals surface area contributed by atoms with Gasteiger partial charge in [0.15, 0.2) is 11.6 Å². The summed E-state index contributed by atoms with van der Waals surface area (Å²) in [6, 6.07) is 7.49. The molecule has 1 aromatic heterocycles. The number of ketones is 2. The van der Waals surface area contributed by atoms with Crippen LogP contribution in [0.15, 0.2) is 30.5 Å². The molecule has 2 atom stereocenters. The number of nitrogens with zero attached hydrogens (tertiary/aromatic N) is 1. The lowest BCUT2D eigenvalue weighted by atomic mass is 9.73. The average molecular weight is 388 g/mol. The predicted octanol–water partition coefficient (Wildman–Crippen LogP) is 5.27. The normalized spacial score (nSPS) is 25.0. The Morgan fingerprint density at radius 1 is 1.08 bits per heavy atom. The lowest BCUT2D eigenvalue weighted by Gasteiger charge is -2.27. The molecule has 2 aliphatic rings. The third-order valence-electron chi connectivity index (χ3n) is 5.73. The fourth-order valence-corrected chi connectivity index (χ4v) is 4.87. The van der Waals surface area contributed by atoms with E-state index >= 15 is 0 Å². The van der Waals surface area contributed by atoms with E-state index in [2.05, 4.69) is 4.98 Å². The fraction of sp³-hybridized carbons (Fsp3) is 0.381. The minimum absolute atomic E-state index is 0.0355. The van der Waals surface area contributed by atoms with Crippen LogP contribution in [0.5, 0.6) is 0 Å². The summed E-state index contributed by atoms with van der Waals surface area (Å²) in [6.07, 6.45) is 4.74. The van der Waals surface area contributed by atoms with Crippen molar-refractivity contribution in [3.8, 4) is 11.3 Å². The van der Waals surface area contributed by atoms with Crippen molar-refractivity contribution in [2.24, 2.45) is 11.8 Å². The summed E-state index contributed by atoms with van der Waals surface area (Å²) in [6.45, 7) is 2.04. The Kier molecular flexibility index (Phi) is 4.62. The summed E-state index contributed by atoms with van der Waals surface area (Å²) >= 11 is 12.3. The van der Waals surface area contributed by atoms with Gasteiger partial charge >= 0.3 is 0 Å². The number of halogens is 2. The van der Waals surface area contributed by atoms with Gasteiger partial charge in [-0.2, -0.15) is 0 Å². The van der Waals surface area contributed by atoms with Crippen molar-refractivity contribution in [1.82, 2.24) is 4.98 Å². The van der Waals surface area contributed by atoms with Crippen molar-refractivity contribution in [2.75, 3.05) is 0 Å². The lowest BCUT2D eigenvalue weighted by Crippen LogP contribution is -2.35. The van der Waals surface area contributed by atoms with Crippen LogP contribution in [0.2, 0.25) is 10.0 Å². The highest BCUT2D eigenvalue weighted by molar-refractivity contribution is 6.36. The quantitative estimate of drug-likeness (QED) is 0.673. The summed E-state index contributed by atoms with van der Waals surface area (Å²) in [7, 11) is 0. The van der Waals surface area contributed by atoms with E-state index in [4.69, 9.17) is 23.2 Å². The zero-order chi connectivity index (χ0) is 18.4. The third kappa shape index (κ3) is 2.87. The summed E-state index contributed by atoms with van der Waals surface area (Å²) in [5.41, 5.74) is 3.27. The second kappa shape index (κ2) is 6.79. The summed E-state index contributed by atoms with van der Waals surface area (Å²) in [5, 5.41) is 0.924. The molecule has 1 heterocycles. The van der Waals surface area contributed by atoms with Crippen molar-refractivity contribution < 1.29 is 9.59 Å². The van der Waals surface area contributed by atoms with Crippen LogP contribution in [0.1, 0.15) is 43.2 Å². The molecular weight excluding hydrogens is 369 g/mol. The molecule has 0 saturated heterocycles. The highest BCUT2D eigenvalue weighted by Gasteiger charge is 2.47. The van der Waals surface area contributed by atoms with E-state index in [1.165, 1.54) is 0 Å². The molecule has 26 heavy (non-hydrogen) atoms. The second-order valence-electron chi connectivity index (χ2n) is 7.20. The molecule has 134 valence electrons. The third-order valence-corrected chi connectivity index (χ3v) is 6.22. The minimum atomic E-state index is -0.637. The zero-order valence-electron chi connectivity index (χ0n) is 14.5. The number of carbonyl (C=O) groups is 2. The standard InChI is InChI=1S/C21H19Cl2NO2/c1-2-11-3-4-12(19-17(23)9-15(22)10-24-19)8-16(11)18-20(25)13-5-6-14(7-13)21(18)26/h3-4,8-10,13-14,18H,2,5-7H2,1H3. The van der Waals surface area contributed by atoms with Crippen LogP contribution in [0.3, 0.4) is 0 Å². The number of Topliss-reactive ketones (excluding diaryl/α,β-unsaturated/α-hetero) is 2. The van der Waals surface area contributed by atoms with Crippen LogP contribution in [0.4, 0.5) is 0 Å². The molecule has 2 bridgehead atoms. The van der Waals surface area contributed by atoms with Gasteiger partial charge in [-0.3, -0.25) is 14.6 Å². The smallest absolute Gasteiger partial charge is 0.150 e. The van der Waals surface area contributed by atoms with Crippen LogP contribution in [-0.2, 0) is 16.0 Å². The van der Waals surface area contributed by atoms with E-state index in [-0.39, 0.29) is 23.4 Å². The van der Waals surface area contributed by atoms with Gasteiger partial charge in [0.1, 0.15) is 5.92 Å². The Bertz CT molecular complexity index is 887. The molecule has 0 radical (unpaired) electrons.